The number of aromatic nitrogens is 3. The van der Waals surface area contributed by atoms with E-state index >= 15 is 0 Å². The second-order valence-corrected chi connectivity index (χ2v) is 13.8. The Kier molecular flexibility index (Phi) is 13.6. The number of para-hydroxylation sites is 1. The Morgan fingerprint density at radius 2 is 1.58 bits per heavy atom. The van der Waals surface area contributed by atoms with Crippen molar-refractivity contribution in [1.29, 1.82) is 0 Å². The van der Waals surface area contributed by atoms with Gasteiger partial charge in [-0.25, -0.2) is 10.2 Å². The number of ether oxygens (including phenoxy) is 1. The lowest BCUT2D eigenvalue weighted by Crippen LogP contribution is -2.20. The van der Waals surface area contributed by atoms with E-state index in [4.69, 9.17) is 16.3 Å². The van der Waals surface area contributed by atoms with Crippen LogP contribution in [-0.2, 0) is 11.2 Å². The van der Waals surface area contributed by atoms with Crippen LogP contribution in [0.5, 0.6) is 5.75 Å². The number of hydrazone groups is 1. The van der Waals surface area contributed by atoms with Crippen LogP contribution in [0.25, 0.3) is 15.8 Å². The number of carbonyl (C=O) groups excluding carboxylic acids is 2. The van der Waals surface area contributed by atoms with Crippen molar-refractivity contribution >= 4 is 62.9 Å². The summed E-state index contributed by atoms with van der Waals surface area (Å²) in [6.45, 7) is 2.25. The molecule has 0 unspecified atom stereocenters. The van der Waals surface area contributed by atoms with Gasteiger partial charge in [0.25, 0.3) is 5.91 Å². The van der Waals surface area contributed by atoms with Crippen LogP contribution in [0.2, 0.25) is 5.02 Å². The molecule has 11 heteroatoms. The van der Waals surface area contributed by atoms with Gasteiger partial charge in [0.15, 0.2) is 5.16 Å². The van der Waals surface area contributed by atoms with Gasteiger partial charge in [0.1, 0.15) is 16.5 Å². The third-order valence-corrected chi connectivity index (χ3v) is 10.3. The summed E-state index contributed by atoms with van der Waals surface area (Å²) in [5.41, 5.74) is 4.29. The summed E-state index contributed by atoms with van der Waals surface area (Å²) >= 11 is 9.04. The van der Waals surface area contributed by atoms with Crippen LogP contribution in [0, 0.1) is 0 Å². The molecule has 0 bridgehead atoms. The summed E-state index contributed by atoms with van der Waals surface area (Å²) < 4.78 is 8.51. The fourth-order valence-electron chi connectivity index (χ4n) is 5.25. The van der Waals surface area contributed by atoms with Gasteiger partial charge in [0.2, 0.25) is 0 Å². The normalized spacial score (nSPS) is 11.4. The molecule has 0 radical (unpaired) electrons. The summed E-state index contributed by atoms with van der Waals surface area (Å²) in [5, 5.41) is 14.9. The van der Waals surface area contributed by atoms with E-state index in [-0.39, 0.29) is 11.7 Å². The number of nitrogens with one attached hydrogen (secondary N) is 1. The molecule has 5 rings (SSSR count). The number of esters is 1. The molecule has 2 aromatic heterocycles. The summed E-state index contributed by atoms with van der Waals surface area (Å²) in [5.74, 6) is 0.656. The molecule has 0 aliphatic rings. The Morgan fingerprint density at radius 1 is 0.896 bits per heavy atom. The van der Waals surface area contributed by atoms with Crippen molar-refractivity contribution in [3.8, 4) is 11.4 Å². The lowest BCUT2D eigenvalue weighted by atomic mass is 10.1. The highest BCUT2D eigenvalue weighted by Gasteiger charge is 2.19. The van der Waals surface area contributed by atoms with Gasteiger partial charge in [-0.3, -0.25) is 9.36 Å². The lowest BCUT2D eigenvalue weighted by Gasteiger charge is -2.10. The van der Waals surface area contributed by atoms with E-state index in [9.17, 15) is 9.59 Å². The van der Waals surface area contributed by atoms with E-state index in [1.807, 2.05) is 54.6 Å². The van der Waals surface area contributed by atoms with Crippen LogP contribution in [0.4, 0.5) is 0 Å². The molecule has 8 nitrogen and oxygen atoms in total. The van der Waals surface area contributed by atoms with Crippen molar-refractivity contribution in [3.05, 3.63) is 100 Å². The fourth-order valence-corrected chi connectivity index (χ4v) is 7.40. The number of aryl methyl sites for hydroxylation is 1. The number of amides is 1. The second-order valence-electron chi connectivity index (χ2n) is 11.4. The van der Waals surface area contributed by atoms with Crippen molar-refractivity contribution < 1.29 is 14.3 Å². The van der Waals surface area contributed by atoms with Gasteiger partial charge < -0.3 is 4.74 Å². The first kappa shape index (κ1) is 35.3. The zero-order valence-corrected chi connectivity index (χ0v) is 29.5. The predicted molar refractivity (Wildman–Crippen MR) is 197 cm³/mol. The molecule has 1 amide bonds. The van der Waals surface area contributed by atoms with Gasteiger partial charge in [-0.2, -0.15) is 5.10 Å². The lowest BCUT2D eigenvalue weighted by molar-refractivity contribution is -0.118. The van der Waals surface area contributed by atoms with E-state index in [1.165, 1.54) is 80.7 Å². The van der Waals surface area contributed by atoms with Gasteiger partial charge in [0, 0.05) is 22.2 Å². The number of thioether (sulfide) groups is 1. The molecule has 0 aliphatic carbocycles. The third-order valence-electron chi connectivity index (χ3n) is 7.76. The molecule has 0 saturated heterocycles. The maximum Gasteiger partial charge on any atom is 0.355 e. The standard InChI is InChI=1S/C37H40ClN5O3S2/c1-2-3-4-5-6-7-8-9-13-20-32-40-42-37(43(32)28-16-11-10-12-17-28)47-26-33(44)41-39-25-27-21-23-29(24-22-27)46-36(45)35-34(38)30-18-14-15-19-31(30)48-35/h10-12,14-19,21-25H,2-9,13,20,26H2,1H3,(H,41,44)/b39-25+. The molecule has 0 atom stereocenters. The smallest absolute Gasteiger partial charge is 0.355 e. The largest absolute Gasteiger partial charge is 0.422 e. The zero-order valence-electron chi connectivity index (χ0n) is 27.1. The van der Waals surface area contributed by atoms with Crippen LogP contribution in [0.1, 0.15) is 85.8 Å². The van der Waals surface area contributed by atoms with Crippen LogP contribution < -0.4 is 10.2 Å². The molecule has 0 aliphatic heterocycles. The zero-order chi connectivity index (χ0) is 33.6. The molecule has 48 heavy (non-hydrogen) atoms. The van der Waals surface area contributed by atoms with E-state index in [1.54, 1.807) is 24.3 Å². The molecule has 5 aromatic rings. The SMILES string of the molecule is CCCCCCCCCCCc1nnc(SCC(=O)N/N=C/c2ccc(OC(=O)c3sc4ccccc4c3Cl)cc2)n1-c1ccccc1. The summed E-state index contributed by atoms with van der Waals surface area (Å²) in [4.78, 5) is 25.7. The minimum Gasteiger partial charge on any atom is -0.422 e. The number of halogens is 1. The van der Waals surface area contributed by atoms with Crippen LogP contribution in [0.15, 0.2) is 89.1 Å². The van der Waals surface area contributed by atoms with Gasteiger partial charge in [0.05, 0.1) is 17.0 Å². The Hall–Kier alpha value is -3.99. The van der Waals surface area contributed by atoms with Crippen molar-refractivity contribution in [2.45, 2.75) is 76.3 Å². The van der Waals surface area contributed by atoms with Gasteiger partial charge >= 0.3 is 5.97 Å². The fraction of sp³-hybridized carbons (Fsp3) is 0.324. The number of fused-ring (bicyclic) bond motifs is 1. The monoisotopic (exact) mass is 701 g/mol. The average molecular weight is 702 g/mol. The number of benzene rings is 3. The van der Waals surface area contributed by atoms with Gasteiger partial charge in [-0.1, -0.05) is 118 Å². The molecule has 0 fully saturated rings. The topological polar surface area (TPSA) is 98.5 Å². The predicted octanol–water partition coefficient (Wildman–Crippen LogP) is 9.67. The number of hydrogen-bond acceptors (Lipinski definition) is 8. The van der Waals surface area contributed by atoms with Crippen LogP contribution in [0.3, 0.4) is 0 Å². The van der Waals surface area contributed by atoms with Crippen LogP contribution >= 0.6 is 34.7 Å². The quantitative estimate of drug-likeness (QED) is 0.0244. The molecule has 2 heterocycles. The first-order chi connectivity index (χ1) is 23.5. The third kappa shape index (κ3) is 10.0. The number of nitrogens with zero attached hydrogens (tertiary/aromatic N) is 4. The molecular weight excluding hydrogens is 662 g/mol. The molecule has 250 valence electrons. The number of thiophene rings is 1. The minimum atomic E-state index is -0.508. The molecule has 3 aromatic carbocycles. The van der Waals surface area contributed by atoms with Crippen molar-refractivity contribution in [2.24, 2.45) is 5.10 Å². The Balaban J connectivity index is 1.09. The average Bonchev–Trinajstić information content (AvgIpc) is 3.68. The molecule has 1 N–H and O–H groups in total. The number of rotatable bonds is 18. The Morgan fingerprint density at radius 3 is 2.31 bits per heavy atom. The van der Waals surface area contributed by atoms with E-state index < -0.39 is 5.97 Å². The second kappa shape index (κ2) is 18.5. The van der Waals surface area contributed by atoms with Crippen molar-refractivity contribution in [2.75, 3.05) is 5.75 Å². The molecular formula is C37H40ClN5O3S2. The summed E-state index contributed by atoms with van der Waals surface area (Å²) in [6.07, 6.45) is 13.8. The Bertz CT molecular complexity index is 1810. The molecule has 0 saturated carbocycles. The van der Waals surface area contributed by atoms with E-state index in [2.05, 4.69) is 32.2 Å². The first-order valence-electron chi connectivity index (χ1n) is 16.5. The van der Waals surface area contributed by atoms with E-state index in [0.29, 0.717) is 20.8 Å². The number of unbranched alkanes of at least 4 members (excludes halogenated alkanes) is 8. The number of carbonyl (C=O) groups is 2. The Labute approximate surface area is 295 Å². The molecule has 0 spiro atoms. The van der Waals surface area contributed by atoms with Crippen molar-refractivity contribution in [3.63, 3.8) is 0 Å². The maximum absolute atomic E-state index is 12.7. The first-order valence-corrected chi connectivity index (χ1v) is 18.6. The van der Waals surface area contributed by atoms with Crippen LogP contribution in [-0.4, -0.2) is 38.6 Å². The van der Waals surface area contributed by atoms with Crippen molar-refractivity contribution in [1.82, 2.24) is 20.2 Å². The van der Waals surface area contributed by atoms with Gasteiger partial charge in [-0.15, -0.1) is 21.5 Å². The van der Waals surface area contributed by atoms with Gasteiger partial charge in [-0.05, 0) is 54.4 Å². The highest BCUT2D eigenvalue weighted by Crippen LogP contribution is 2.35. The highest BCUT2D eigenvalue weighted by molar-refractivity contribution is 7.99. The van der Waals surface area contributed by atoms with E-state index in [0.717, 1.165) is 40.0 Å². The number of hydrogen-bond donors (Lipinski definition) is 1. The summed E-state index contributed by atoms with van der Waals surface area (Å²) in [6, 6.07) is 24.4. The maximum atomic E-state index is 12.7. The minimum absolute atomic E-state index is 0.134. The highest BCUT2D eigenvalue weighted by atomic mass is 35.5. The summed E-state index contributed by atoms with van der Waals surface area (Å²) in [7, 11) is 0.